The average Bonchev–Trinajstić information content (AvgIpc) is 2.90. The molecule has 0 bridgehead atoms. The molecule has 0 saturated heterocycles. The Morgan fingerprint density at radius 3 is 2.30 bits per heavy atom. The molecule has 1 amide bonds. The van der Waals surface area contributed by atoms with Gasteiger partial charge in [0.1, 0.15) is 11.4 Å². The zero-order chi connectivity index (χ0) is 19.0. The maximum Gasteiger partial charge on any atom is 0.269 e. The third-order valence-corrected chi connectivity index (χ3v) is 7.30. The van der Waals surface area contributed by atoms with Gasteiger partial charge in [-0.25, -0.2) is 12.7 Å². The molecule has 0 aromatic heterocycles. The SMILES string of the molecule is O=C(CN1C(=O)c2ccccc2S1(=O)=O)c1ccc(C2CCCCC2)cc1. The van der Waals surface area contributed by atoms with Crippen molar-refractivity contribution in [3.8, 4) is 0 Å². The van der Waals surface area contributed by atoms with Gasteiger partial charge in [-0.2, -0.15) is 0 Å². The average molecular weight is 383 g/mol. The first kappa shape index (κ1) is 17.9. The lowest BCUT2D eigenvalue weighted by atomic mass is 9.84. The molecule has 140 valence electrons. The van der Waals surface area contributed by atoms with Gasteiger partial charge in [0.05, 0.1) is 5.56 Å². The van der Waals surface area contributed by atoms with Crippen molar-refractivity contribution >= 4 is 21.7 Å². The fourth-order valence-electron chi connectivity index (χ4n) is 3.99. The molecule has 0 radical (unpaired) electrons. The predicted octanol–water partition coefficient (Wildman–Crippen LogP) is 3.76. The fraction of sp³-hybridized carbons (Fsp3) is 0.333. The Balaban J connectivity index is 1.52. The van der Waals surface area contributed by atoms with E-state index in [2.05, 4.69) is 0 Å². The highest BCUT2D eigenvalue weighted by Crippen LogP contribution is 2.33. The quantitative estimate of drug-likeness (QED) is 0.754. The second-order valence-corrected chi connectivity index (χ2v) is 9.02. The Kier molecular flexibility index (Phi) is 4.60. The van der Waals surface area contributed by atoms with Crippen LogP contribution in [0.15, 0.2) is 53.4 Å². The summed E-state index contributed by atoms with van der Waals surface area (Å²) in [6.45, 7) is -0.474. The zero-order valence-corrected chi connectivity index (χ0v) is 15.7. The molecule has 0 N–H and O–H groups in total. The highest BCUT2D eigenvalue weighted by Gasteiger charge is 2.41. The molecule has 0 spiro atoms. The van der Waals surface area contributed by atoms with E-state index in [9.17, 15) is 18.0 Å². The van der Waals surface area contributed by atoms with E-state index < -0.39 is 22.5 Å². The summed E-state index contributed by atoms with van der Waals surface area (Å²) < 4.78 is 25.8. The first-order valence-electron chi connectivity index (χ1n) is 9.28. The highest BCUT2D eigenvalue weighted by atomic mass is 32.2. The van der Waals surface area contributed by atoms with Crippen LogP contribution in [0.4, 0.5) is 0 Å². The smallest absolute Gasteiger partial charge is 0.269 e. The van der Waals surface area contributed by atoms with Gasteiger partial charge in [-0.1, -0.05) is 55.7 Å². The van der Waals surface area contributed by atoms with Crippen LogP contribution in [0.5, 0.6) is 0 Å². The van der Waals surface area contributed by atoms with Gasteiger partial charge in [-0.15, -0.1) is 0 Å². The number of ketones is 1. The molecule has 1 saturated carbocycles. The summed E-state index contributed by atoms with van der Waals surface area (Å²) in [7, 11) is -3.96. The van der Waals surface area contributed by atoms with Crippen molar-refractivity contribution in [3.05, 3.63) is 65.2 Å². The number of carbonyl (C=O) groups excluding carboxylic acids is 2. The van der Waals surface area contributed by atoms with E-state index in [1.807, 2.05) is 12.1 Å². The second kappa shape index (κ2) is 6.93. The molecule has 1 aliphatic heterocycles. The van der Waals surface area contributed by atoms with Crippen LogP contribution >= 0.6 is 0 Å². The summed E-state index contributed by atoms with van der Waals surface area (Å²) in [6, 6.07) is 13.4. The minimum Gasteiger partial charge on any atom is -0.292 e. The maximum atomic E-state index is 12.6. The molecule has 0 atom stereocenters. The number of Topliss-reactive ketones (excluding diaryl/α,β-unsaturated/α-hetero) is 1. The zero-order valence-electron chi connectivity index (χ0n) is 14.9. The lowest BCUT2D eigenvalue weighted by Crippen LogP contribution is -2.35. The molecular weight excluding hydrogens is 362 g/mol. The lowest BCUT2D eigenvalue weighted by molar-refractivity contribution is 0.0820. The normalized spacial score (nSPS) is 19.1. The first-order valence-corrected chi connectivity index (χ1v) is 10.7. The number of carbonyl (C=O) groups is 2. The van der Waals surface area contributed by atoms with Gasteiger partial charge in [-0.3, -0.25) is 9.59 Å². The number of hydrogen-bond donors (Lipinski definition) is 0. The van der Waals surface area contributed by atoms with E-state index in [0.29, 0.717) is 15.8 Å². The Labute approximate surface area is 159 Å². The number of rotatable bonds is 4. The van der Waals surface area contributed by atoms with Crippen molar-refractivity contribution in [2.45, 2.75) is 42.9 Å². The van der Waals surface area contributed by atoms with Crippen LogP contribution in [-0.2, 0) is 10.0 Å². The monoisotopic (exact) mass is 383 g/mol. The number of nitrogens with zero attached hydrogens (tertiary/aromatic N) is 1. The summed E-state index contributed by atoms with van der Waals surface area (Å²) in [5.74, 6) is -0.481. The number of hydrogen-bond acceptors (Lipinski definition) is 4. The molecule has 2 aliphatic rings. The van der Waals surface area contributed by atoms with Crippen molar-refractivity contribution in [3.63, 3.8) is 0 Å². The number of amides is 1. The summed E-state index contributed by atoms with van der Waals surface area (Å²) in [6.07, 6.45) is 6.10. The van der Waals surface area contributed by atoms with Crippen molar-refractivity contribution in [1.29, 1.82) is 0 Å². The molecule has 1 heterocycles. The minimum absolute atomic E-state index is 0.0320. The van der Waals surface area contributed by atoms with E-state index >= 15 is 0 Å². The lowest BCUT2D eigenvalue weighted by Gasteiger charge is -2.22. The van der Waals surface area contributed by atoms with Gasteiger partial charge in [0, 0.05) is 5.56 Å². The number of fused-ring (bicyclic) bond motifs is 1. The van der Waals surface area contributed by atoms with Gasteiger partial charge >= 0.3 is 0 Å². The van der Waals surface area contributed by atoms with Crippen molar-refractivity contribution in [1.82, 2.24) is 4.31 Å². The topological polar surface area (TPSA) is 71.5 Å². The summed E-state index contributed by atoms with van der Waals surface area (Å²) >= 11 is 0. The van der Waals surface area contributed by atoms with E-state index in [4.69, 9.17) is 0 Å². The molecular formula is C21H21NO4S. The minimum atomic E-state index is -3.96. The summed E-state index contributed by atoms with van der Waals surface area (Å²) in [4.78, 5) is 25.0. The molecule has 2 aromatic rings. The number of sulfonamides is 1. The van der Waals surface area contributed by atoms with Crippen LogP contribution in [0.1, 0.15) is 64.3 Å². The van der Waals surface area contributed by atoms with Crippen LogP contribution in [0, 0.1) is 0 Å². The fourth-order valence-corrected chi connectivity index (χ4v) is 5.51. The van der Waals surface area contributed by atoms with E-state index in [0.717, 1.165) is 0 Å². The largest absolute Gasteiger partial charge is 0.292 e. The van der Waals surface area contributed by atoms with Gasteiger partial charge < -0.3 is 0 Å². The maximum absolute atomic E-state index is 12.6. The molecule has 5 nitrogen and oxygen atoms in total. The Hall–Kier alpha value is -2.47. The Morgan fingerprint density at radius 2 is 1.63 bits per heavy atom. The van der Waals surface area contributed by atoms with Crippen LogP contribution in [0.25, 0.3) is 0 Å². The van der Waals surface area contributed by atoms with Crippen LogP contribution in [-0.4, -0.2) is 31.0 Å². The Bertz CT molecular complexity index is 989. The second-order valence-electron chi connectivity index (χ2n) is 7.19. The number of benzene rings is 2. The summed E-state index contributed by atoms with van der Waals surface area (Å²) in [5, 5.41) is 0. The summed E-state index contributed by atoms with van der Waals surface area (Å²) in [5.41, 5.74) is 1.77. The highest BCUT2D eigenvalue weighted by molar-refractivity contribution is 7.90. The van der Waals surface area contributed by atoms with Crippen molar-refractivity contribution in [2.24, 2.45) is 0 Å². The molecule has 6 heteroatoms. The molecule has 27 heavy (non-hydrogen) atoms. The first-order chi connectivity index (χ1) is 13.0. The molecule has 4 rings (SSSR count). The van der Waals surface area contributed by atoms with E-state index in [-0.39, 0.29) is 16.2 Å². The molecule has 0 unspecified atom stereocenters. The van der Waals surface area contributed by atoms with Crippen molar-refractivity contribution in [2.75, 3.05) is 6.54 Å². The van der Waals surface area contributed by atoms with Crippen LogP contribution < -0.4 is 0 Å². The third kappa shape index (κ3) is 3.18. The van der Waals surface area contributed by atoms with E-state index in [1.165, 1.54) is 49.8 Å². The standard InChI is InChI=1S/C21H21NO4S/c23-19(17-12-10-16(11-13-17)15-6-2-1-3-7-15)14-22-21(24)18-8-4-5-9-20(18)27(22,25)26/h4-5,8-13,15H,1-3,6-7,14H2. The van der Waals surface area contributed by atoms with Gasteiger partial charge in [-0.05, 0) is 36.5 Å². The third-order valence-electron chi connectivity index (χ3n) is 5.51. The van der Waals surface area contributed by atoms with Gasteiger partial charge in [0.15, 0.2) is 5.78 Å². The molecule has 1 fully saturated rings. The molecule has 1 aliphatic carbocycles. The van der Waals surface area contributed by atoms with Crippen molar-refractivity contribution < 1.29 is 18.0 Å². The molecule has 2 aromatic carbocycles. The van der Waals surface area contributed by atoms with Gasteiger partial charge in [0.25, 0.3) is 15.9 Å². The van der Waals surface area contributed by atoms with Crippen LogP contribution in [0.2, 0.25) is 0 Å². The predicted molar refractivity (Wildman–Crippen MR) is 101 cm³/mol. The van der Waals surface area contributed by atoms with Gasteiger partial charge in [0.2, 0.25) is 0 Å². The Morgan fingerprint density at radius 1 is 0.963 bits per heavy atom. The van der Waals surface area contributed by atoms with E-state index in [1.54, 1.807) is 24.3 Å². The van der Waals surface area contributed by atoms with Crippen LogP contribution in [0.3, 0.4) is 0 Å².